The van der Waals surface area contributed by atoms with E-state index in [9.17, 15) is 0 Å². The normalized spacial score (nSPS) is 21.4. The molecule has 1 heterocycles. The van der Waals surface area contributed by atoms with E-state index in [1.807, 2.05) is 0 Å². The van der Waals surface area contributed by atoms with E-state index < -0.39 is 0 Å². The van der Waals surface area contributed by atoms with Gasteiger partial charge in [-0.15, -0.1) is 0 Å². The van der Waals surface area contributed by atoms with Crippen LogP contribution in [0.3, 0.4) is 0 Å². The van der Waals surface area contributed by atoms with Gasteiger partial charge < -0.3 is 18.9 Å². The van der Waals surface area contributed by atoms with Crippen LogP contribution in [-0.2, 0) is 0 Å². The lowest BCUT2D eigenvalue weighted by molar-refractivity contribution is 0.225. The first-order valence-electron chi connectivity index (χ1n) is 11.3. The lowest BCUT2D eigenvalue weighted by Gasteiger charge is -2.62. The summed E-state index contributed by atoms with van der Waals surface area (Å²) < 4.78 is 10.9. The summed E-state index contributed by atoms with van der Waals surface area (Å²) in [4.78, 5) is 0. The fourth-order valence-electron chi connectivity index (χ4n) is 6.27. The first kappa shape index (κ1) is 26.1. The van der Waals surface area contributed by atoms with Gasteiger partial charge in [0.2, 0.25) is 0 Å². The molecule has 0 spiro atoms. The molecule has 160 valence electrons. The SMILES string of the molecule is CB1N(C(C)(C)C)B(C)N(C(C)(C)C)B(C)N(C(C)(C)C)B(C)N1C(C)(C)C. The van der Waals surface area contributed by atoms with E-state index in [2.05, 4.69) is 129 Å². The molecule has 28 heavy (non-hydrogen) atoms. The van der Waals surface area contributed by atoms with Crippen LogP contribution in [-0.4, -0.2) is 69.0 Å². The van der Waals surface area contributed by atoms with Crippen LogP contribution in [0.1, 0.15) is 83.1 Å². The van der Waals surface area contributed by atoms with Crippen molar-refractivity contribution >= 4 is 27.9 Å². The van der Waals surface area contributed by atoms with Crippen molar-refractivity contribution in [3.63, 3.8) is 0 Å². The molecule has 0 amide bonds. The Kier molecular flexibility index (Phi) is 7.45. The molecule has 0 saturated carbocycles. The second kappa shape index (κ2) is 7.98. The van der Waals surface area contributed by atoms with E-state index in [1.165, 1.54) is 0 Å². The quantitative estimate of drug-likeness (QED) is 0.549. The standard InChI is InChI=1S/C20H48B4N4/c1-17(2,3)25-21(13)26(18(4,5)6)23(15)28(20(10,11)12)24(16)27(22(25)14)19(7,8)9/h1-16H3. The number of nitrogens with zero attached hydrogens (tertiary/aromatic N) is 4. The molecule has 1 fully saturated rings. The molecule has 0 aliphatic carbocycles. The third kappa shape index (κ3) is 5.22. The van der Waals surface area contributed by atoms with Crippen LogP contribution in [0, 0.1) is 0 Å². The molecule has 1 aliphatic heterocycles. The number of hydrogen-bond acceptors (Lipinski definition) is 4. The van der Waals surface area contributed by atoms with Gasteiger partial charge in [-0.1, -0.05) is 27.3 Å². The average Bonchev–Trinajstić information content (AvgIpc) is 2.29. The van der Waals surface area contributed by atoms with Gasteiger partial charge in [0.1, 0.15) is 0 Å². The summed E-state index contributed by atoms with van der Waals surface area (Å²) >= 11 is 0. The summed E-state index contributed by atoms with van der Waals surface area (Å²) in [5.41, 5.74) is 0.259. The van der Waals surface area contributed by atoms with Gasteiger partial charge in [-0.2, -0.15) is 0 Å². The molecule has 0 bridgehead atoms. The summed E-state index contributed by atoms with van der Waals surface area (Å²) in [5, 5.41) is 0. The lowest BCUT2D eigenvalue weighted by Crippen LogP contribution is -2.83. The molecule has 0 unspecified atom stereocenters. The molecule has 1 rings (SSSR count). The van der Waals surface area contributed by atoms with Crippen LogP contribution in [0.25, 0.3) is 0 Å². The summed E-state index contributed by atoms with van der Waals surface area (Å²) in [6.45, 7) is 39.2. The molecular weight excluding hydrogens is 339 g/mol. The Hall–Kier alpha value is 0.0997. The molecule has 1 saturated heterocycles. The largest absolute Gasteiger partial charge is 0.353 e. The van der Waals surface area contributed by atoms with Gasteiger partial charge >= 0.3 is 0 Å². The smallest absolute Gasteiger partial charge is 0.287 e. The van der Waals surface area contributed by atoms with Gasteiger partial charge in [0.25, 0.3) is 27.9 Å². The fourth-order valence-corrected chi connectivity index (χ4v) is 6.27. The Morgan fingerprint density at radius 3 is 0.500 bits per heavy atom. The van der Waals surface area contributed by atoms with Gasteiger partial charge in [0.15, 0.2) is 0 Å². The van der Waals surface area contributed by atoms with Gasteiger partial charge in [-0.25, -0.2) is 0 Å². The molecule has 1 aliphatic rings. The van der Waals surface area contributed by atoms with Crippen LogP contribution in [0.4, 0.5) is 0 Å². The van der Waals surface area contributed by atoms with Crippen LogP contribution >= 0.6 is 0 Å². The van der Waals surface area contributed by atoms with Crippen molar-refractivity contribution in [2.24, 2.45) is 0 Å². The summed E-state index contributed by atoms with van der Waals surface area (Å²) in [7, 11) is 0. The molecule has 0 aromatic heterocycles. The second-order valence-electron chi connectivity index (χ2n) is 12.8. The van der Waals surface area contributed by atoms with Crippen molar-refractivity contribution in [2.75, 3.05) is 0 Å². The van der Waals surface area contributed by atoms with E-state index >= 15 is 0 Å². The third-order valence-electron chi connectivity index (χ3n) is 6.32. The molecule has 4 nitrogen and oxygen atoms in total. The van der Waals surface area contributed by atoms with Gasteiger partial charge in [0, 0.05) is 0 Å². The minimum absolute atomic E-state index is 0.0647. The second-order valence-corrected chi connectivity index (χ2v) is 12.8. The summed E-state index contributed by atoms with van der Waals surface area (Å²) in [6, 6.07) is 0. The first-order valence-corrected chi connectivity index (χ1v) is 11.3. The maximum atomic E-state index is 2.72. The molecular formula is C20H48B4N4. The summed E-state index contributed by atoms with van der Waals surface area (Å²) in [5.74, 6) is 0. The topological polar surface area (TPSA) is 13.0 Å². The average molecular weight is 388 g/mol. The maximum absolute atomic E-state index is 2.72. The Morgan fingerprint density at radius 1 is 0.321 bits per heavy atom. The van der Waals surface area contributed by atoms with Crippen molar-refractivity contribution in [3.05, 3.63) is 0 Å². The molecule has 0 N–H and O–H groups in total. The van der Waals surface area contributed by atoms with Crippen LogP contribution < -0.4 is 0 Å². The Morgan fingerprint density at radius 2 is 0.429 bits per heavy atom. The zero-order valence-electron chi connectivity index (χ0n) is 22.1. The first-order chi connectivity index (χ1) is 12.1. The Bertz CT molecular complexity index is 418. The van der Waals surface area contributed by atoms with Gasteiger partial charge in [0.05, 0.1) is 0 Å². The minimum Gasteiger partial charge on any atom is -0.353 e. The number of rotatable bonds is 0. The highest BCUT2D eigenvalue weighted by atomic mass is 15.4. The van der Waals surface area contributed by atoms with Crippen LogP contribution in [0.15, 0.2) is 0 Å². The fraction of sp³-hybridized carbons (Fsp3) is 1.00. The lowest BCUT2D eigenvalue weighted by atomic mass is 9.41. The third-order valence-corrected chi connectivity index (χ3v) is 6.32. The van der Waals surface area contributed by atoms with Crippen molar-refractivity contribution in [3.8, 4) is 0 Å². The van der Waals surface area contributed by atoms with Crippen molar-refractivity contribution in [1.29, 1.82) is 0 Å². The maximum Gasteiger partial charge on any atom is 0.287 e. The van der Waals surface area contributed by atoms with Crippen molar-refractivity contribution < 1.29 is 0 Å². The van der Waals surface area contributed by atoms with Gasteiger partial charge in [-0.3, -0.25) is 0 Å². The zero-order chi connectivity index (χ0) is 22.6. The Balaban J connectivity index is 3.80. The predicted molar refractivity (Wildman–Crippen MR) is 133 cm³/mol. The number of hydrogen-bond donors (Lipinski definition) is 0. The molecule has 0 atom stereocenters. The van der Waals surface area contributed by atoms with Crippen LogP contribution in [0.2, 0.25) is 27.3 Å². The molecule has 0 aromatic carbocycles. The van der Waals surface area contributed by atoms with E-state index in [-0.39, 0.29) is 22.2 Å². The van der Waals surface area contributed by atoms with Gasteiger partial charge in [-0.05, 0) is 105 Å². The minimum atomic E-state index is 0.0647. The van der Waals surface area contributed by atoms with E-state index in [0.29, 0.717) is 27.9 Å². The van der Waals surface area contributed by atoms with E-state index in [0.717, 1.165) is 0 Å². The van der Waals surface area contributed by atoms with E-state index in [1.54, 1.807) is 0 Å². The van der Waals surface area contributed by atoms with E-state index in [4.69, 9.17) is 0 Å². The zero-order valence-corrected chi connectivity index (χ0v) is 22.1. The highest BCUT2D eigenvalue weighted by Crippen LogP contribution is 2.35. The van der Waals surface area contributed by atoms with Crippen molar-refractivity contribution in [1.82, 2.24) is 18.9 Å². The molecule has 0 aromatic rings. The van der Waals surface area contributed by atoms with Crippen molar-refractivity contribution in [2.45, 2.75) is 133 Å². The molecule has 8 heteroatoms. The summed E-state index contributed by atoms with van der Waals surface area (Å²) in [6.07, 6.45) is 0. The predicted octanol–water partition coefficient (Wildman–Crippen LogP) is 4.87. The Labute approximate surface area is 179 Å². The van der Waals surface area contributed by atoms with Crippen LogP contribution in [0.5, 0.6) is 0 Å². The highest BCUT2D eigenvalue weighted by Gasteiger charge is 2.55. The highest BCUT2D eigenvalue weighted by molar-refractivity contribution is 6.85. The monoisotopic (exact) mass is 388 g/mol. The molecule has 0 radical (unpaired) electrons.